The van der Waals surface area contributed by atoms with Gasteiger partial charge in [0.1, 0.15) is 0 Å². The summed E-state index contributed by atoms with van der Waals surface area (Å²) in [5, 5.41) is 10.2. The number of nitrogens with zero attached hydrogens (tertiary/aromatic N) is 3. The first kappa shape index (κ1) is 16.3. The van der Waals surface area contributed by atoms with Gasteiger partial charge < -0.3 is 0 Å². The molecular formula is C18H14ClN5O2. The van der Waals surface area contributed by atoms with E-state index in [2.05, 4.69) is 20.7 Å². The molecular weight excluding hydrogens is 354 g/mol. The molecule has 2 aromatic carbocycles. The number of carbonyl (C=O) groups excluding carboxylic acids is 2. The maximum atomic E-state index is 12.3. The van der Waals surface area contributed by atoms with E-state index in [1.54, 1.807) is 28.9 Å². The number of hydrogen-bond donors (Lipinski definition) is 2. The number of rotatable bonds is 3. The number of benzene rings is 2. The van der Waals surface area contributed by atoms with Gasteiger partial charge in [-0.15, -0.1) is 5.10 Å². The van der Waals surface area contributed by atoms with Crippen LogP contribution in [0.2, 0.25) is 5.02 Å². The summed E-state index contributed by atoms with van der Waals surface area (Å²) in [7, 11) is 0. The Hall–Kier alpha value is -3.19. The lowest BCUT2D eigenvalue weighted by molar-refractivity contribution is -0.117. The minimum atomic E-state index is -0.354. The van der Waals surface area contributed by atoms with Gasteiger partial charge in [-0.2, -0.15) is 4.98 Å². The molecule has 8 heteroatoms. The Bertz CT molecular complexity index is 969. The van der Waals surface area contributed by atoms with Gasteiger partial charge >= 0.3 is 0 Å². The minimum Gasteiger partial charge on any atom is -0.295 e. The van der Waals surface area contributed by atoms with E-state index in [0.29, 0.717) is 16.5 Å². The summed E-state index contributed by atoms with van der Waals surface area (Å²) in [6, 6.07) is 15.8. The Morgan fingerprint density at radius 1 is 1.15 bits per heavy atom. The van der Waals surface area contributed by atoms with Crippen LogP contribution in [-0.2, 0) is 4.79 Å². The molecule has 0 saturated heterocycles. The van der Waals surface area contributed by atoms with Gasteiger partial charge in [0.2, 0.25) is 11.9 Å². The average Bonchev–Trinajstić information content (AvgIpc) is 3.04. The fraction of sp³-hybridized carbons (Fsp3) is 0.111. The molecule has 0 radical (unpaired) electrons. The predicted octanol–water partition coefficient (Wildman–Crippen LogP) is 3.12. The van der Waals surface area contributed by atoms with Crippen LogP contribution in [0.1, 0.15) is 28.4 Å². The Morgan fingerprint density at radius 2 is 1.88 bits per heavy atom. The van der Waals surface area contributed by atoms with Gasteiger partial charge in [0, 0.05) is 10.6 Å². The molecule has 0 aliphatic carbocycles. The van der Waals surface area contributed by atoms with Crippen molar-refractivity contribution in [2.75, 3.05) is 10.6 Å². The summed E-state index contributed by atoms with van der Waals surface area (Å²) in [4.78, 5) is 28.5. The summed E-state index contributed by atoms with van der Waals surface area (Å²) in [5.41, 5.74) is 1.38. The van der Waals surface area contributed by atoms with Gasteiger partial charge in [-0.1, -0.05) is 41.9 Å². The zero-order chi connectivity index (χ0) is 18.1. The molecule has 26 heavy (non-hydrogen) atoms. The molecule has 0 fully saturated rings. The Kier molecular flexibility index (Phi) is 4.14. The first-order chi connectivity index (χ1) is 12.6. The molecule has 1 unspecified atom stereocenters. The largest absolute Gasteiger partial charge is 0.295 e. The quantitative estimate of drug-likeness (QED) is 0.744. The summed E-state index contributed by atoms with van der Waals surface area (Å²) in [6.45, 7) is 0. The maximum absolute atomic E-state index is 12.3. The zero-order valence-electron chi connectivity index (χ0n) is 13.5. The zero-order valence-corrected chi connectivity index (χ0v) is 14.3. The van der Waals surface area contributed by atoms with Crippen LogP contribution < -0.4 is 10.6 Å². The van der Waals surface area contributed by atoms with E-state index in [-0.39, 0.29) is 30.2 Å². The van der Waals surface area contributed by atoms with E-state index in [9.17, 15) is 9.59 Å². The minimum absolute atomic E-state index is 0.128. The van der Waals surface area contributed by atoms with Crippen molar-refractivity contribution in [1.29, 1.82) is 0 Å². The number of nitrogens with one attached hydrogen (secondary N) is 2. The van der Waals surface area contributed by atoms with Crippen LogP contribution in [0.4, 0.5) is 11.9 Å². The maximum Gasteiger partial charge on any atom is 0.258 e. The van der Waals surface area contributed by atoms with Crippen molar-refractivity contribution >= 4 is 35.3 Å². The van der Waals surface area contributed by atoms with Crippen LogP contribution in [0.25, 0.3) is 0 Å². The molecule has 7 nitrogen and oxygen atoms in total. The van der Waals surface area contributed by atoms with Gasteiger partial charge in [0.05, 0.1) is 12.5 Å². The topological polar surface area (TPSA) is 88.9 Å². The van der Waals surface area contributed by atoms with Crippen LogP contribution in [-0.4, -0.2) is 26.6 Å². The van der Waals surface area contributed by atoms with E-state index < -0.39 is 0 Å². The van der Waals surface area contributed by atoms with Crippen molar-refractivity contribution in [3.05, 3.63) is 70.7 Å². The average molecular weight is 368 g/mol. The number of aromatic nitrogens is 3. The molecule has 1 atom stereocenters. The molecule has 0 saturated carbocycles. The normalized spacial score (nSPS) is 15.9. The highest BCUT2D eigenvalue weighted by atomic mass is 35.5. The first-order valence-corrected chi connectivity index (χ1v) is 8.36. The SMILES string of the molecule is O=C1CC(c2ccccc2)n2nc(NC(=O)c3ccc(Cl)cc3)nc2N1. The summed E-state index contributed by atoms with van der Waals surface area (Å²) in [6.07, 6.45) is 0.255. The highest BCUT2D eigenvalue weighted by Gasteiger charge is 2.29. The highest BCUT2D eigenvalue weighted by Crippen LogP contribution is 2.29. The summed E-state index contributed by atoms with van der Waals surface area (Å²) >= 11 is 5.83. The second-order valence-corrected chi connectivity index (χ2v) is 6.28. The third kappa shape index (κ3) is 3.16. The van der Waals surface area contributed by atoms with Crippen molar-refractivity contribution < 1.29 is 9.59 Å². The molecule has 0 bridgehead atoms. The second-order valence-electron chi connectivity index (χ2n) is 5.84. The van der Waals surface area contributed by atoms with Crippen LogP contribution in [0.3, 0.4) is 0 Å². The van der Waals surface area contributed by atoms with Crippen molar-refractivity contribution in [3.63, 3.8) is 0 Å². The molecule has 3 aromatic rings. The van der Waals surface area contributed by atoms with Gasteiger partial charge in [0.15, 0.2) is 0 Å². The van der Waals surface area contributed by atoms with Gasteiger partial charge in [-0.25, -0.2) is 4.68 Å². The molecule has 130 valence electrons. The van der Waals surface area contributed by atoms with Crippen molar-refractivity contribution in [2.24, 2.45) is 0 Å². The number of carbonyl (C=O) groups is 2. The molecule has 4 rings (SSSR count). The van der Waals surface area contributed by atoms with Crippen LogP contribution in [0.15, 0.2) is 54.6 Å². The van der Waals surface area contributed by atoms with E-state index in [0.717, 1.165) is 5.56 Å². The third-order valence-electron chi connectivity index (χ3n) is 4.07. The van der Waals surface area contributed by atoms with Gasteiger partial charge in [-0.3, -0.25) is 20.2 Å². The Balaban J connectivity index is 1.61. The lowest BCUT2D eigenvalue weighted by Crippen LogP contribution is -2.29. The third-order valence-corrected chi connectivity index (χ3v) is 4.32. The monoisotopic (exact) mass is 367 g/mol. The Labute approximate surface area is 154 Å². The smallest absolute Gasteiger partial charge is 0.258 e. The fourth-order valence-electron chi connectivity index (χ4n) is 2.83. The molecule has 1 aromatic heterocycles. The predicted molar refractivity (Wildman–Crippen MR) is 97.3 cm³/mol. The van der Waals surface area contributed by atoms with Crippen molar-refractivity contribution in [1.82, 2.24) is 14.8 Å². The molecule has 2 amide bonds. The summed E-state index contributed by atoms with van der Waals surface area (Å²) in [5.74, 6) is -0.0638. The lowest BCUT2D eigenvalue weighted by Gasteiger charge is -2.23. The fourth-order valence-corrected chi connectivity index (χ4v) is 2.95. The molecule has 2 heterocycles. The van der Waals surface area contributed by atoms with E-state index >= 15 is 0 Å². The standard InChI is InChI=1S/C18H14ClN5O2/c19-13-8-6-12(7-9-13)16(26)21-17-22-18-20-15(25)10-14(24(18)23-17)11-4-2-1-3-5-11/h1-9,14H,10H2,(H2,20,21,22,23,25,26). The van der Waals surface area contributed by atoms with Crippen molar-refractivity contribution in [3.8, 4) is 0 Å². The molecule has 0 spiro atoms. The van der Waals surface area contributed by atoms with Gasteiger partial charge in [0.25, 0.3) is 11.9 Å². The number of halogens is 1. The van der Waals surface area contributed by atoms with E-state index in [4.69, 9.17) is 11.6 Å². The van der Waals surface area contributed by atoms with Crippen LogP contribution in [0, 0.1) is 0 Å². The molecule has 1 aliphatic rings. The lowest BCUT2D eigenvalue weighted by atomic mass is 10.0. The number of hydrogen-bond acceptors (Lipinski definition) is 4. The number of amides is 2. The second kappa shape index (κ2) is 6.61. The van der Waals surface area contributed by atoms with Crippen molar-refractivity contribution in [2.45, 2.75) is 12.5 Å². The first-order valence-electron chi connectivity index (χ1n) is 7.98. The number of anilines is 2. The van der Waals surface area contributed by atoms with E-state index in [1.807, 2.05) is 30.3 Å². The van der Waals surface area contributed by atoms with E-state index in [1.165, 1.54) is 0 Å². The number of fused-ring (bicyclic) bond motifs is 1. The molecule has 1 aliphatic heterocycles. The summed E-state index contributed by atoms with van der Waals surface area (Å²) < 4.78 is 1.62. The van der Waals surface area contributed by atoms with Crippen LogP contribution >= 0.6 is 11.6 Å². The highest BCUT2D eigenvalue weighted by molar-refractivity contribution is 6.30. The molecule has 2 N–H and O–H groups in total. The van der Waals surface area contributed by atoms with Gasteiger partial charge in [-0.05, 0) is 29.8 Å². The Morgan fingerprint density at radius 3 is 2.62 bits per heavy atom. The van der Waals surface area contributed by atoms with Crippen LogP contribution in [0.5, 0.6) is 0 Å².